The first-order valence-electron chi connectivity index (χ1n) is 8.01. The van der Waals surface area contributed by atoms with E-state index >= 15 is 0 Å². The summed E-state index contributed by atoms with van der Waals surface area (Å²) >= 11 is 0. The molecule has 0 spiro atoms. The number of benzene rings is 1. The molecule has 25 heavy (non-hydrogen) atoms. The Labute approximate surface area is 142 Å². The summed E-state index contributed by atoms with van der Waals surface area (Å²) in [6.45, 7) is 2.83. The van der Waals surface area contributed by atoms with Crippen LogP contribution in [0.3, 0.4) is 0 Å². The first-order valence-corrected chi connectivity index (χ1v) is 8.01. The van der Waals surface area contributed by atoms with E-state index < -0.39 is 5.82 Å². The Kier molecular flexibility index (Phi) is 3.79. The number of amides is 1. The third-order valence-corrected chi connectivity index (χ3v) is 4.38. The molecule has 3 aromatic rings. The van der Waals surface area contributed by atoms with Crippen LogP contribution in [0.2, 0.25) is 0 Å². The number of aromatic nitrogens is 4. The van der Waals surface area contributed by atoms with Gasteiger partial charge < -0.3 is 9.42 Å². The van der Waals surface area contributed by atoms with Crippen LogP contribution in [0, 0.1) is 12.7 Å². The molecule has 0 unspecified atom stereocenters. The molecule has 2 aromatic heterocycles. The van der Waals surface area contributed by atoms with Gasteiger partial charge in [-0.15, -0.1) is 0 Å². The molecule has 8 heteroatoms. The summed E-state index contributed by atoms with van der Waals surface area (Å²) in [6, 6.07) is 6.30. The average Bonchev–Trinajstić information content (AvgIpc) is 3.34. The lowest BCUT2D eigenvalue weighted by Crippen LogP contribution is -2.28. The number of aryl methyl sites for hydroxylation is 1. The summed E-state index contributed by atoms with van der Waals surface area (Å²) in [7, 11) is 0. The fourth-order valence-electron chi connectivity index (χ4n) is 3.11. The first kappa shape index (κ1) is 15.5. The van der Waals surface area contributed by atoms with Gasteiger partial charge in [0.05, 0.1) is 23.4 Å². The van der Waals surface area contributed by atoms with E-state index in [4.69, 9.17) is 4.52 Å². The van der Waals surface area contributed by atoms with Gasteiger partial charge in [-0.25, -0.2) is 4.39 Å². The Hall–Kier alpha value is -3.03. The molecule has 1 aromatic carbocycles. The molecule has 1 aliphatic heterocycles. The topological polar surface area (TPSA) is 87.9 Å². The molecule has 1 aliphatic rings. The average molecular weight is 341 g/mol. The number of nitrogens with one attached hydrogen (secondary N) is 1. The largest absolute Gasteiger partial charge is 0.339 e. The van der Waals surface area contributed by atoms with E-state index in [1.54, 1.807) is 30.0 Å². The van der Waals surface area contributed by atoms with Crippen molar-refractivity contribution >= 4 is 5.91 Å². The number of halogens is 1. The second kappa shape index (κ2) is 6.12. The number of hydrogen-bond acceptors (Lipinski definition) is 5. The Bertz CT molecular complexity index is 919. The smallest absolute Gasteiger partial charge is 0.257 e. The molecule has 3 heterocycles. The molecule has 4 rings (SSSR count). The predicted octanol–water partition coefficient (Wildman–Crippen LogP) is 2.54. The number of hydrogen-bond donors (Lipinski definition) is 1. The maximum atomic E-state index is 14.1. The van der Waals surface area contributed by atoms with Gasteiger partial charge in [0.15, 0.2) is 5.82 Å². The normalized spacial score (nSPS) is 17.2. The number of H-pyrrole nitrogens is 1. The van der Waals surface area contributed by atoms with Gasteiger partial charge in [-0.1, -0.05) is 17.3 Å². The van der Waals surface area contributed by atoms with E-state index in [1.807, 2.05) is 0 Å². The van der Waals surface area contributed by atoms with Crippen LogP contribution in [0.1, 0.15) is 34.4 Å². The standard InChI is InChI=1S/C17H16FN5O2/c1-10-20-16(25-22-10)11-6-7-23(9-11)17(24)13-8-19-21-15(13)12-4-2-3-5-14(12)18/h2-5,8,11H,6-7,9H2,1H3,(H,19,21)/t11-/m1/s1. The number of aromatic amines is 1. The van der Waals surface area contributed by atoms with Crippen LogP contribution < -0.4 is 0 Å². The Morgan fingerprint density at radius 1 is 1.40 bits per heavy atom. The molecule has 0 saturated carbocycles. The number of nitrogens with zero attached hydrogens (tertiary/aromatic N) is 4. The minimum atomic E-state index is -0.401. The summed E-state index contributed by atoms with van der Waals surface area (Å²) < 4.78 is 19.3. The highest BCUT2D eigenvalue weighted by Crippen LogP contribution is 2.30. The molecule has 0 radical (unpaired) electrons. The lowest BCUT2D eigenvalue weighted by atomic mass is 10.1. The second-order valence-corrected chi connectivity index (χ2v) is 6.06. The summed E-state index contributed by atoms with van der Waals surface area (Å²) in [4.78, 5) is 18.8. The fourth-order valence-corrected chi connectivity index (χ4v) is 3.11. The fraction of sp³-hybridized carbons (Fsp3) is 0.294. The number of rotatable bonds is 3. The highest BCUT2D eigenvalue weighted by Gasteiger charge is 2.33. The molecular weight excluding hydrogens is 325 g/mol. The van der Waals surface area contributed by atoms with E-state index in [9.17, 15) is 9.18 Å². The molecule has 0 bridgehead atoms. The van der Waals surface area contributed by atoms with Crippen molar-refractivity contribution in [3.05, 3.63) is 53.6 Å². The van der Waals surface area contributed by atoms with Crippen LogP contribution in [0.15, 0.2) is 35.0 Å². The quantitative estimate of drug-likeness (QED) is 0.791. The molecule has 128 valence electrons. The van der Waals surface area contributed by atoms with Gasteiger partial charge in [0.1, 0.15) is 5.82 Å². The van der Waals surface area contributed by atoms with Crippen LogP contribution in [0.4, 0.5) is 4.39 Å². The zero-order valence-electron chi connectivity index (χ0n) is 13.6. The minimum absolute atomic E-state index is 0.0222. The first-order chi connectivity index (χ1) is 12.1. The van der Waals surface area contributed by atoms with E-state index in [2.05, 4.69) is 20.3 Å². The van der Waals surface area contributed by atoms with Crippen LogP contribution in [-0.4, -0.2) is 44.2 Å². The van der Waals surface area contributed by atoms with Gasteiger partial charge in [0.25, 0.3) is 5.91 Å². The van der Waals surface area contributed by atoms with Crippen molar-refractivity contribution in [2.75, 3.05) is 13.1 Å². The molecule has 0 aliphatic carbocycles. The Morgan fingerprint density at radius 2 is 2.24 bits per heavy atom. The number of likely N-dealkylation sites (tertiary alicyclic amines) is 1. The van der Waals surface area contributed by atoms with Gasteiger partial charge in [0.2, 0.25) is 5.89 Å². The Morgan fingerprint density at radius 3 is 3.00 bits per heavy atom. The third-order valence-electron chi connectivity index (χ3n) is 4.38. The van der Waals surface area contributed by atoms with Crippen molar-refractivity contribution in [1.82, 2.24) is 25.2 Å². The van der Waals surface area contributed by atoms with Crippen molar-refractivity contribution in [3.63, 3.8) is 0 Å². The maximum absolute atomic E-state index is 14.1. The molecular formula is C17H16FN5O2. The van der Waals surface area contributed by atoms with Crippen molar-refractivity contribution in [1.29, 1.82) is 0 Å². The summed E-state index contributed by atoms with van der Waals surface area (Å²) in [6.07, 6.45) is 2.19. The third kappa shape index (κ3) is 2.79. The highest BCUT2D eigenvalue weighted by atomic mass is 19.1. The predicted molar refractivity (Wildman–Crippen MR) is 86.3 cm³/mol. The van der Waals surface area contributed by atoms with Crippen LogP contribution in [0.5, 0.6) is 0 Å². The molecule has 1 N–H and O–H groups in total. The van der Waals surface area contributed by atoms with Gasteiger partial charge >= 0.3 is 0 Å². The maximum Gasteiger partial charge on any atom is 0.257 e. The van der Waals surface area contributed by atoms with Crippen molar-refractivity contribution < 1.29 is 13.7 Å². The van der Waals surface area contributed by atoms with Crippen molar-refractivity contribution in [2.45, 2.75) is 19.3 Å². The van der Waals surface area contributed by atoms with E-state index in [1.165, 1.54) is 12.3 Å². The summed E-state index contributed by atoms with van der Waals surface area (Å²) in [5.74, 6) is 0.562. The van der Waals surface area contributed by atoms with Crippen LogP contribution in [0.25, 0.3) is 11.3 Å². The lowest BCUT2D eigenvalue weighted by Gasteiger charge is -2.16. The summed E-state index contributed by atoms with van der Waals surface area (Å²) in [5, 5.41) is 10.5. The zero-order chi connectivity index (χ0) is 17.4. The molecule has 1 fully saturated rings. The van der Waals surface area contributed by atoms with E-state index in [0.29, 0.717) is 41.6 Å². The highest BCUT2D eigenvalue weighted by molar-refractivity contribution is 6.00. The van der Waals surface area contributed by atoms with E-state index in [0.717, 1.165) is 6.42 Å². The van der Waals surface area contributed by atoms with E-state index in [-0.39, 0.29) is 11.8 Å². The van der Waals surface area contributed by atoms with Gasteiger partial charge in [-0.3, -0.25) is 9.89 Å². The minimum Gasteiger partial charge on any atom is -0.339 e. The Balaban J connectivity index is 1.57. The van der Waals surface area contributed by atoms with Crippen LogP contribution >= 0.6 is 0 Å². The molecule has 7 nitrogen and oxygen atoms in total. The van der Waals surface area contributed by atoms with Gasteiger partial charge in [-0.2, -0.15) is 10.1 Å². The molecule has 1 atom stereocenters. The van der Waals surface area contributed by atoms with Crippen molar-refractivity contribution in [2.24, 2.45) is 0 Å². The summed E-state index contributed by atoms with van der Waals surface area (Å²) in [5.41, 5.74) is 1.07. The SMILES string of the molecule is Cc1noc([C@@H]2CCN(C(=O)c3cn[nH]c3-c3ccccc3F)C2)n1. The number of carbonyl (C=O) groups is 1. The molecule has 1 saturated heterocycles. The molecule has 1 amide bonds. The van der Waals surface area contributed by atoms with Crippen molar-refractivity contribution in [3.8, 4) is 11.3 Å². The lowest BCUT2D eigenvalue weighted by molar-refractivity contribution is 0.0790. The second-order valence-electron chi connectivity index (χ2n) is 6.06. The van der Waals surface area contributed by atoms with Crippen LogP contribution in [-0.2, 0) is 0 Å². The van der Waals surface area contributed by atoms with Gasteiger partial charge in [-0.05, 0) is 25.5 Å². The van der Waals surface area contributed by atoms with Gasteiger partial charge in [0, 0.05) is 18.7 Å². The monoisotopic (exact) mass is 341 g/mol. The number of carbonyl (C=O) groups excluding carboxylic acids is 1. The zero-order valence-corrected chi connectivity index (χ0v) is 13.6.